The summed E-state index contributed by atoms with van der Waals surface area (Å²) in [7, 11) is 0. The van der Waals surface area contributed by atoms with Crippen LogP contribution in [0.2, 0.25) is 0 Å². The zero-order valence-corrected chi connectivity index (χ0v) is 9.75. The summed E-state index contributed by atoms with van der Waals surface area (Å²) in [6, 6.07) is -0.0164. The summed E-state index contributed by atoms with van der Waals surface area (Å²) in [4.78, 5) is 49.5. The first-order chi connectivity index (χ1) is 9.00. The molecule has 3 N–H and O–H groups in total. The topological polar surface area (TPSA) is 120 Å². The number of hydrogen-bond acceptors (Lipinski definition) is 4. The van der Waals surface area contributed by atoms with Crippen molar-refractivity contribution in [3.8, 4) is 0 Å². The van der Waals surface area contributed by atoms with Crippen LogP contribution in [-0.2, 0) is 9.59 Å². The average Bonchev–Trinajstić information content (AvgIpc) is 2.38. The molecule has 0 spiro atoms. The van der Waals surface area contributed by atoms with Crippen LogP contribution in [-0.4, -0.2) is 51.9 Å². The standard InChI is InChI=1S/C11H11N3O5/c15-8-1-2-12-3-6(8)10(17)14-5-9(16)13-4-7(14)11(18)19/h1-3,7H,4-5H2,(H,12,15)(H,13,16)(H,18,19). The van der Waals surface area contributed by atoms with E-state index in [2.05, 4.69) is 10.3 Å². The number of piperazine rings is 1. The Labute approximate surface area is 107 Å². The Bertz CT molecular complexity index is 594. The first-order valence-corrected chi connectivity index (χ1v) is 5.48. The lowest BCUT2D eigenvalue weighted by Gasteiger charge is -2.32. The summed E-state index contributed by atoms with van der Waals surface area (Å²) in [5, 5.41) is 11.4. The Balaban J connectivity index is 2.34. The van der Waals surface area contributed by atoms with E-state index >= 15 is 0 Å². The molecule has 0 radical (unpaired) electrons. The quantitative estimate of drug-likeness (QED) is 0.595. The number of carboxylic acid groups (broad SMARTS) is 1. The Morgan fingerprint density at radius 2 is 2.11 bits per heavy atom. The lowest BCUT2D eigenvalue weighted by Crippen LogP contribution is -2.59. The van der Waals surface area contributed by atoms with Gasteiger partial charge in [-0.3, -0.25) is 14.4 Å². The number of carbonyl (C=O) groups excluding carboxylic acids is 2. The molecule has 1 unspecified atom stereocenters. The highest BCUT2D eigenvalue weighted by Gasteiger charge is 2.36. The molecule has 1 saturated heterocycles. The van der Waals surface area contributed by atoms with Gasteiger partial charge in [-0.1, -0.05) is 0 Å². The fourth-order valence-corrected chi connectivity index (χ4v) is 1.81. The molecular weight excluding hydrogens is 254 g/mol. The maximum atomic E-state index is 12.1. The van der Waals surface area contributed by atoms with Crippen LogP contribution in [0.5, 0.6) is 0 Å². The first-order valence-electron chi connectivity index (χ1n) is 5.48. The maximum absolute atomic E-state index is 12.1. The zero-order valence-electron chi connectivity index (χ0n) is 9.75. The average molecular weight is 265 g/mol. The summed E-state index contributed by atoms with van der Waals surface area (Å²) < 4.78 is 0. The SMILES string of the molecule is O=C1CN(C(=O)c2c[nH]ccc2=O)C(C(=O)O)CN1. The monoisotopic (exact) mass is 265 g/mol. The number of nitrogens with zero attached hydrogens (tertiary/aromatic N) is 1. The van der Waals surface area contributed by atoms with Gasteiger partial charge in [0.15, 0.2) is 5.43 Å². The highest BCUT2D eigenvalue weighted by Crippen LogP contribution is 2.08. The number of carbonyl (C=O) groups is 3. The Hall–Kier alpha value is -2.64. The number of nitrogens with one attached hydrogen (secondary N) is 2. The van der Waals surface area contributed by atoms with E-state index in [4.69, 9.17) is 5.11 Å². The fourth-order valence-electron chi connectivity index (χ4n) is 1.81. The van der Waals surface area contributed by atoms with E-state index in [1.165, 1.54) is 12.4 Å². The van der Waals surface area contributed by atoms with Crippen molar-refractivity contribution in [1.82, 2.24) is 15.2 Å². The summed E-state index contributed by atoms with van der Waals surface area (Å²) in [6.07, 6.45) is 2.55. The number of aliphatic carboxylic acids is 1. The first kappa shape index (κ1) is 12.8. The maximum Gasteiger partial charge on any atom is 0.328 e. The molecular formula is C11H11N3O5. The van der Waals surface area contributed by atoms with E-state index < -0.39 is 29.3 Å². The molecule has 0 aromatic carbocycles. The van der Waals surface area contributed by atoms with Crippen LogP contribution in [0.4, 0.5) is 0 Å². The summed E-state index contributed by atoms with van der Waals surface area (Å²) in [5.74, 6) is -2.47. The number of pyridine rings is 1. The van der Waals surface area contributed by atoms with Crippen molar-refractivity contribution in [2.45, 2.75) is 6.04 Å². The molecule has 8 nitrogen and oxygen atoms in total. The van der Waals surface area contributed by atoms with Crippen molar-refractivity contribution in [3.63, 3.8) is 0 Å². The molecule has 100 valence electrons. The van der Waals surface area contributed by atoms with Crippen molar-refractivity contribution in [1.29, 1.82) is 0 Å². The van der Waals surface area contributed by atoms with E-state index in [0.717, 1.165) is 11.0 Å². The highest BCUT2D eigenvalue weighted by atomic mass is 16.4. The van der Waals surface area contributed by atoms with Gasteiger partial charge in [0, 0.05) is 25.0 Å². The number of hydrogen-bond donors (Lipinski definition) is 3. The Morgan fingerprint density at radius 1 is 1.37 bits per heavy atom. The number of H-pyrrole nitrogens is 1. The van der Waals surface area contributed by atoms with Crippen molar-refractivity contribution < 1.29 is 19.5 Å². The predicted molar refractivity (Wildman–Crippen MR) is 62.5 cm³/mol. The van der Waals surface area contributed by atoms with E-state index in [0.29, 0.717) is 0 Å². The highest BCUT2D eigenvalue weighted by molar-refractivity contribution is 5.99. The third kappa shape index (κ3) is 2.46. The van der Waals surface area contributed by atoms with E-state index in [-0.39, 0.29) is 18.7 Å². The molecule has 1 aliphatic rings. The van der Waals surface area contributed by atoms with Crippen molar-refractivity contribution in [2.75, 3.05) is 13.1 Å². The second kappa shape index (κ2) is 4.92. The molecule has 1 atom stereocenters. The van der Waals surface area contributed by atoms with Gasteiger partial charge >= 0.3 is 5.97 Å². The zero-order chi connectivity index (χ0) is 14.0. The molecule has 1 fully saturated rings. The van der Waals surface area contributed by atoms with E-state index in [1.807, 2.05) is 0 Å². The van der Waals surface area contributed by atoms with Gasteiger partial charge in [0.2, 0.25) is 5.91 Å². The molecule has 2 rings (SSSR count). The van der Waals surface area contributed by atoms with Gasteiger partial charge in [-0.2, -0.15) is 0 Å². The molecule has 0 saturated carbocycles. The molecule has 2 heterocycles. The third-order valence-corrected chi connectivity index (χ3v) is 2.78. The minimum atomic E-state index is -1.24. The van der Waals surface area contributed by atoms with Crippen LogP contribution >= 0.6 is 0 Å². The number of amides is 2. The fraction of sp³-hybridized carbons (Fsp3) is 0.273. The lowest BCUT2D eigenvalue weighted by molar-refractivity contribution is -0.144. The van der Waals surface area contributed by atoms with Crippen LogP contribution in [0.15, 0.2) is 23.3 Å². The smallest absolute Gasteiger partial charge is 0.328 e. The molecule has 1 aromatic heterocycles. The normalized spacial score (nSPS) is 18.8. The van der Waals surface area contributed by atoms with Crippen LogP contribution in [0, 0.1) is 0 Å². The number of aromatic nitrogens is 1. The van der Waals surface area contributed by atoms with Gasteiger partial charge in [0.05, 0.1) is 0 Å². The van der Waals surface area contributed by atoms with Crippen molar-refractivity contribution in [3.05, 3.63) is 34.2 Å². The molecule has 0 bridgehead atoms. The van der Waals surface area contributed by atoms with Crippen LogP contribution in [0.3, 0.4) is 0 Å². The van der Waals surface area contributed by atoms with Gasteiger partial charge in [0.25, 0.3) is 5.91 Å². The Morgan fingerprint density at radius 3 is 2.74 bits per heavy atom. The lowest BCUT2D eigenvalue weighted by atomic mass is 10.1. The van der Waals surface area contributed by atoms with E-state index in [9.17, 15) is 19.2 Å². The van der Waals surface area contributed by atoms with Gasteiger partial charge in [-0.05, 0) is 0 Å². The van der Waals surface area contributed by atoms with Crippen LogP contribution < -0.4 is 10.7 Å². The van der Waals surface area contributed by atoms with Crippen molar-refractivity contribution >= 4 is 17.8 Å². The van der Waals surface area contributed by atoms with Gasteiger partial charge < -0.3 is 20.3 Å². The molecule has 1 aliphatic heterocycles. The van der Waals surface area contributed by atoms with Gasteiger partial charge in [-0.15, -0.1) is 0 Å². The number of aromatic amines is 1. The summed E-state index contributed by atoms with van der Waals surface area (Å²) >= 11 is 0. The number of rotatable bonds is 2. The van der Waals surface area contributed by atoms with Gasteiger partial charge in [-0.25, -0.2) is 4.79 Å². The van der Waals surface area contributed by atoms with Crippen molar-refractivity contribution in [2.24, 2.45) is 0 Å². The molecule has 0 aliphatic carbocycles. The van der Waals surface area contributed by atoms with Crippen LogP contribution in [0.25, 0.3) is 0 Å². The third-order valence-electron chi connectivity index (χ3n) is 2.78. The molecule has 1 aromatic rings. The van der Waals surface area contributed by atoms with Gasteiger partial charge in [0.1, 0.15) is 18.2 Å². The van der Waals surface area contributed by atoms with Crippen LogP contribution in [0.1, 0.15) is 10.4 Å². The molecule has 2 amide bonds. The summed E-state index contributed by atoms with van der Waals surface area (Å²) in [5.41, 5.74) is -0.720. The minimum absolute atomic E-state index is 0.176. The summed E-state index contributed by atoms with van der Waals surface area (Å²) in [6.45, 7) is -0.561. The molecule has 8 heteroatoms. The second-order valence-corrected chi connectivity index (χ2v) is 4.01. The molecule has 19 heavy (non-hydrogen) atoms. The predicted octanol–water partition coefficient (Wildman–Crippen LogP) is -1.60. The Kier molecular flexibility index (Phi) is 3.32. The minimum Gasteiger partial charge on any atom is -0.480 e. The number of carboxylic acids is 1. The van der Waals surface area contributed by atoms with E-state index in [1.54, 1.807) is 0 Å². The second-order valence-electron chi connectivity index (χ2n) is 4.01. The largest absolute Gasteiger partial charge is 0.480 e.